The molecule has 0 spiro atoms. The van der Waals surface area contributed by atoms with Gasteiger partial charge in [0.25, 0.3) is 5.91 Å². The number of hydrogen-bond acceptors (Lipinski definition) is 5. The number of amides is 1. The first kappa shape index (κ1) is 15.4. The van der Waals surface area contributed by atoms with Crippen molar-refractivity contribution in [2.75, 3.05) is 18.9 Å². The molecule has 0 unspecified atom stereocenters. The van der Waals surface area contributed by atoms with Gasteiger partial charge in [0.05, 0.1) is 18.3 Å². The maximum atomic E-state index is 12.8. The van der Waals surface area contributed by atoms with Crippen LogP contribution in [0, 0.1) is 0 Å². The molecule has 120 valence electrons. The molecular formula is C17H20N4O2. The zero-order valence-corrected chi connectivity index (χ0v) is 12.9. The Labute approximate surface area is 135 Å². The van der Waals surface area contributed by atoms with Crippen LogP contribution in [0.25, 0.3) is 0 Å². The Balaban J connectivity index is 1.79. The highest BCUT2D eigenvalue weighted by molar-refractivity contribution is 5.92. The predicted octanol–water partition coefficient (Wildman–Crippen LogP) is 1.88. The second-order valence-corrected chi connectivity index (χ2v) is 5.59. The average molecular weight is 312 g/mol. The first-order chi connectivity index (χ1) is 11.2. The number of anilines is 1. The number of nitrogen functional groups attached to an aromatic ring is 1. The second-order valence-electron chi connectivity index (χ2n) is 5.59. The van der Waals surface area contributed by atoms with Crippen molar-refractivity contribution in [3.8, 4) is 0 Å². The lowest BCUT2D eigenvalue weighted by Gasteiger charge is -2.25. The molecule has 3 heterocycles. The smallest absolute Gasteiger partial charge is 0.272 e. The van der Waals surface area contributed by atoms with Crippen LogP contribution >= 0.6 is 0 Å². The molecule has 0 bridgehead atoms. The zero-order valence-electron chi connectivity index (χ0n) is 12.9. The summed E-state index contributed by atoms with van der Waals surface area (Å²) in [5.41, 5.74) is 6.88. The topological polar surface area (TPSA) is 81.3 Å². The molecule has 6 heteroatoms. The van der Waals surface area contributed by atoms with E-state index in [2.05, 4.69) is 9.97 Å². The van der Waals surface area contributed by atoms with Gasteiger partial charge in [-0.05, 0) is 37.1 Å². The number of aromatic nitrogens is 2. The zero-order chi connectivity index (χ0) is 16.1. The molecule has 2 N–H and O–H groups in total. The van der Waals surface area contributed by atoms with Crippen LogP contribution in [0.2, 0.25) is 0 Å². The number of nitrogens with zero attached hydrogens (tertiary/aromatic N) is 3. The van der Waals surface area contributed by atoms with Crippen LogP contribution in [-0.2, 0) is 11.3 Å². The van der Waals surface area contributed by atoms with Crippen LogP contribution in [0.3, 0.4) is 0 Å². The van der Waals surface area contributed by atoms with Crippen molar-refractivity contribution >= 4 is 11.7 Å². The fourth-order valence-corrected chi connectivity index (χ4v) is 2.67. The van der Waals surface area contributed by atoms with E-state index in [9.17, 15) is 4.79 Å². The van der Waals surface area contributed by atoms with Crippen molar-refractivity contribution in [2.45, 2.75) is 25.5 Å². The SMILES string of the molecule is Nc1cccc(C(=O)N(Cc2ccccn2)C[C@@H]2CCCO2)n1. The van der Waals surface area contributed by atoms with Gasteiger partial charge in [0.15, 0.2) is 0 Å². The fourth-order valence-electron chi connectivity index (χ4n) is 2.67. The summed E-state index contributed by atoms with van der Waals surface area (Å²) in [6, 6.07) is 10.8. The van der Waals surface area contributed by atoms with E-state index >= 15 is 0 Å². The summed E-state index contributed by atoms with van der Waals surface area (Å²) in [4.78, 5) is 23.0. The number of hydrogen-bond donors (Lipinski definition) is 1. The molecule has 1 aliphatic heterocycles. The van der Waals surface area contributed by atoms with Gasteiger partial charge in [-0.1, -0.05) is 12.1 Å². The molecule has 0 aliphatic carbocycles. The van der Waals surface area contributed by atoms with Crippen LogP contribution in [0.5, 0.6) is 0 Å². The van der Waals surface area contributed by atoms with E-state index in [1.165, 1.54) is 0 Å². The third-order valence-corrected chi connectivity index (χ3v) is 3.80. The largest absolute Gasteiger partial charge is 0.384 e. The lowest BCUT2D eigenvalue weighted by atomic mass is 10.2. The molecule has 0 aromatic carbocycles. The van der Waals surface area contributed by atoms with E-state index < -0.39 is 0 Å². The van der Waals surface area contributed by atoms with E-state index in [-0.39, 0.29) is 12.0 Å². The van der Waals surface area contributed by atoms with E-state index in [0.29, 0.717) is 24.6 Å². The first-order valence-corrected chi connectivity index (χ1v) is 7.76. The first-order valence-electron chi connectivity index (χ1n) is 7.76. The molecule has 1 fully saturated rings. The monoisotopic (exact) mass is 312 g/mol. The molecule has 3 rings (SSSR count). The lowest BCUT2D eigenvalue weighted by molar-refractivity contribution is 0.0500. The Hall–Kier alpha value is -2.47. The van der Waals surface area contributed by atoms with E-state index in [0.717, 1.165) is 25.1 Å². The Morgan fingerprint density at radius 1 is 1.30 bits per heavy atom. The normalized spacial score (nSPS) is 17.1. The predicted molar refractivity (Wildman–Crippen MR) is 86.6 cm³/mol. The summed E-state index contributed by atoms with van der Waals surface area (Å²) in [6.45, 7) is 1.72. The van der Waals surface area contributed by atoms with Crippen LogP contribution < -0.4 is 5.73 Å². The van der Waals surface area contributed by atoms with Gasteiger partial charge < -0.3 is 15.4 Å². The van der Waals surface area contributed by atoms with E-state index in [4.69, 9.17) is 10.5 Å². The number of carbonyl (C=O) groups excluding carboxylic acids is 1. The van der Waals surface area contributed by atoms with Crippen LogP contribution in [-0.4, -0.2) is 40.0 Å². The summed E-state index contributed by atoms with van der Waals surface area (Å²) >= 11 is 0. The summed E-state index contributed by atoms with van der Waals surface area (Å²) in [7, 11) is 0. The van der Waals surface area contributed by atoms with E-state index in [1.807, 2.05) is 18.2 Å². The number of carbonyl (C=O) groups is 1. The number of ether oxygens (including phenoxy) is 1. The minimum atomic E-state index is -0.154. The quantitative estimate of drug-likeness (QED) is 0.911. The Morgan fingerprint density at radius 3 is 2.91 bits per heavy atom. The molecule has 2 aromatic heterocycles. The summed E-state index contributed by atoms with van der Waals surface area (Å²) in [6.07, 6.45) is 3.80. The molecule has 0 saturated carbocycles. The van der Waals surface area contributed by atoms with Crippen LogP contribution in [0.1, 0.15) is 29.0 Å². The maximum absolute atomic E-state index is 12.8. The third-order valence-electron chi connectivity index (χ3n) is 3.80. The van der Waals surface area contributed by atoms with Crippen molar-refractivity contribution < 1.29 is 9.53 Å². The molecule has 23 heavy (non-hydrogen) atoms. The van der Waals surface area contributed by atoms with Crippen molar-refractivity contribution in [1.82, 2.24) is 14.9 Å². The highest BCUT2D eigenvalue weighted by atomic mass is 16.5. The van der Waals surface area contributed by atoms with Crippen LogP contribution in [0.15, 0.2) is 42.6 Å². The molecular weight excluding hydrogens is 292 g/mol. The van der Waals surface area contributed by atoms with E-state index in [1.54, 1.807) is 29.3 Å². The highest BCUT2D eigenvalue weighted by Gasteiger charge is 2.24. The molecule has 2 aromatic rings. The van der Waals surface area contributed by atoms with Crippen molar-refractivity contribution in [3.05, 3.63) is 54.0 Å². The van der Waals surface area contributed by atoms with Crippen molar-refractivity contribution in [3.63, 3.8) is 0 Å². The highest BCUT2D eigenvalue weighted by Crippen LogP contribution is 2.16. The summed E-state index contributed by atoms with van der Waals surface area (Å²) < 4.78 is 5.67. The third kappa shape index (κ3) is 4.04. The average Bonchev–Trinajstić information content (AvgIpc) is 3.08. The van der Waals surface area contributed by atoms with Gasteiger partial charge in [0.1, 0.15) is 11.5 Å². The Kier molecular flexibility index (Phi) is 4.83. The van der Waals surface area contributed by atoms with Crippen molar-refractivity contribution in [2.24, 2.45) is 0 Å². The van der Waals surface area contributed by atoms with Gasteiger partial charge in [0.2, 0.25) is 0 Å². The Morgan fingerprint density at radius 2 is 2.22 bits per heavy atom. The molecule has 1 amide bonds. The van der Waals surface area contributed by atoms with Gasteiger partial charge in [0, 0.05) is 19.3 Å². The van der Waals surface area contributed by atoms with Gasteiger partial charge in [-0.25, -0.2) is 4.98 Å². The standard InChI is InChI=1S/C17H20N4O2/c18-16-8-3-7-15(20-16)17(22)21(12-14-6-4-10-23-14)11-13-5-1-2-9-19-13/h1-3,5,7-9,14H,4,6,10-12H2,(H2,18,20)/t14-/m0/s1. The van der Waals surface area contributed by atoms with Crippen LogP contribution in [0.4, 0.5) is 5.82 Å². The molecule has 0 radical (unpaired) electrons. The van der Waals surface area contributed by atoms with Crippen molar-refractivity contribution in [1.29, 1.82) is 0 Å². The van der Waals surface area contributed by atoms with Gasteiger partial charge in [-0.15, -0.1) is 0 Å². The maximum Gasteiger partial charge on any atom is 0.272 e. The molecule has 1 aliphatic rings. The Bertz CT molecular complexity index is 657. The minimum absolute atomic E-state index is 0.0729. The minimum Gasteiger partial charge on any atom is -0.384 e. The number of nitrogens with two attached hydrogens (primary N) is 1. The fraction of sp³-hybridized carbons (Fsp3) is 0.353. The summed E-state index contributed by atoms with van der Waals surface area (Å²) in [5, 5.41) is 0. The number of rotatable bonds is 5. The van der Waals surface area contributed by atoms with Gasteiger partial charge in [-0.2, -0.15) is 0 Å². The number of pyridine rings is 2. The lowest BCUT2D eigenvalue weighted by Crippen LogP contribution is -2.37. The summed E-state index contributed by atoms with van der Waals surface area (Å²) in [5.74, 6) is 0.184. The molecule has 1 atom stereocenters. The molecule has 6 nitrogen and oxygen atoms in total. The molecule has 1 saturated heterocycles. The van der Waals surface area contributed by atoms with Gasteiger partial charge >= 0.3 is 0 Å². The van der Waals surface area contributed by atoms with Gasteiger partial charge in [-0.3, -0.25) is 9.78 Å². The second kappa shape index (κ2) is 7.19.